The molecule has 0 atom stereocenters. The molecule has 0 spiro atoms. The standard InChI is InChI=1S/C6H8O4S/c1-3-5-10-11(8,9)6(7)4-2/h3-4H,1-2,5H2. The quantitative estimate of drug-likeness (QED) is 0.349. The predicted molar refractivity (Wildman–Crippen MR) is 40.3 cm³/mol. The third-order valence-corrected chi connectivity index (χ3v) is 1.86. The van der Waals surface area contributed by atoms with E-state index in [0.29, 0.717) is 6.08 Å². The van der Waals surface area contributed by atoms with Crippen LogP contribution in [0.25, 0.3) is 0 Å². The highest BCUT2D eigenvalue weighted by Crippen LogP contribution is 1.95. The lowest BCUT2D eigenvalue weighted by Gasteiger charge is -1.96. The van der Waals surface area contributed by atoms with Gasteiger partial charge in [0.15, 0.2) is 0 Å². The first kappa shape index (κ1) is 10.1. The lowest BCUT2D eigenvalue weighted by atomic mass is 10.7. The Hall–Kier alpha value is -0.940. The topological polar surface area (TPSA) is 60.4 Å². The molecule has 0 radical (unpaired) electrons. The first-order valence-corrected chi connectivity index (χ1v) is 4.12. The molecule has 0 aliphatic carbocycles. The fourth-order valence-corrected chi connectivity index (χ4v) is 0.893. The van der Waals surface area contributed by atoms with Gasteiger partial charge in [0.25, 0.3) is 5.12 Å². The van der Waals surface area contributed by atoms with Crippen LogP contribution in [-0.4, -0.2) is 20.1 Å². The molecule has 0 saturated heterocycles. The summed E-state index contributed by atoms with van der Waals surface area (Å²) in [4.78, 5) is 10.5. The molecular weight excluding hydrogens is 168 g/mol. The van der Waals surface area contributed by atoms with Crippen molar-refractivity contribution in [3.63, 3.8) is 0 Å². The molecule has 5 heteroatoms. The van der Waals surface area contributed by atoms with Crippen LogP contribution in [0.3, 0.4) is 0 Å². The van der Waals surface area contributed by atoms with Crippen molar-refractivity contribution >= 4 is 15.2 Å². The van der Waals surface area contributed by atoms with Crippen LogP contribution in [0, 0.1) is 0 Å². The molecule has 0 aromatic heterocycles. The minimum absolute atomic E-state index is 0.206. The van der Waals surface area contributed by atoms with E-state index in [1.165, 1.54) is 6.08 Å². The number of rotatable bonds is 4. The van der Waals surface area contributed by atoms with Crippen LogP contribution in [0.2, 0.25) is 0 Å². The summed E-state index contributed by atoms with van der Waals surface area (Å²) in [6, 6.07) is 0. The van der Waals surface area contributed by atoms with Crippen molar-refractivity contribution in [1.29, 1.82) is 0 Å². The van der Waals surface area contributed by atoms with Crippen LogP contribution in [-0.2, 0) is 19.1 Å². The molecule has 0 aromatic rings. The largest absolute Gasteiger partial charge is 0.335 e. The SMILES string of the molecule is C=CCOS(=O)(=O)C(=O)C=C. The predicted octanol–water partition coefficient (Wildman–Crippen LogP) is 0.231. The van der Waals surface area contributed by atoms with E-state index in [-0.39, 0.29) is 6.61 Å². The van der Waals surface area contributed by atoms with E-state index in [2.05, 4.69) is 17.3 Å². The summed E-state index contributed by atoms with van der Waals surface area (Å²) >= 11 is 0. The van der Waals surface area contributed by atoms with Gasteiger partial charge in [-0.05, 0) is 6.08 Å². The van der Waals surface area contributed by atoms with Crippen molar-refractivity contribution in [3.05, 3.63) is 25.3 Å². The number of hydrogen-bond acceptors (Lipinski definition) is 4. The Morgan fingerprint density at radius 3 is 2.36 bits per heavy atom. The van der Waals surface area contributed by atoms with Gasteiger partial charge < -0.3 is 0 Å². The van der Waals surface area contributed by atoms with Crippen molar-refractivity contribution in [2.75, 3.05) is 6.61 Å². The van der Waals surface area contributed by atoms with Gasteiger partial charge >= 0.3 is 10.1 Å². The second kappa shape index (κ2) is 4.05. The normalized spacial score (nSPS) is 10.5. The van der Waals surface area contributed by atoms with Gasteiger partial charge in [0.2, 0.25) is 0 Å². The Kier molecular flexibility index (Phi) is 3.70. The number of carbonyl (C=O) groups is 1. The van der Waals surface area contributed by atoms with Crippen LogP contribution < -0.4 is 0 Å². The lowest BCUT2D eigenvalue weighted by Crippen LogP contribution is -2.15. The Balaban J connectivity index is 4.35. The Morgan fingerprint density at radius 1 is 1.45 bits per heavy atom. The molecule has 0 saturated carbocycles. The van der Waals surface area contributed by atoms with E-state index >= 15 is 0 Å². The minimum Gasteiger partial charge on any atom is -0.274 e. The van der Waals surface area contributed by atoms with Gasteiger partial charge in [0.05, 0.1) is 6.61 Å². The van der Waals surface area contributed by atoms with Crippen LogP contribution >= 0.6 is 0 Å². The molecule has 0 amide bonds. The average Bonchev–Trinajstić information content (AvgIpc) is 1.99. The zero-order valence-electron chi connectivity index (χ0n) is 5.82. The molecule has 0 aromatic carbocycles. The van der Waals surface area contributed by atoms with Gasteiger partial charge in [-0.3, -0.25) is 8.98 Å². The molecule has 0 unspecified atom stereocenters. The number of carbonyl (C=O) groups excluding carboxylic acids is 1. The maximum Gasteiger partial charge on any atom is 0.335 e. The summed E-state index contributed by atoms with van der Waals surface area (Å²) in [5.41, 5.74) is 0. The summed E-state index contributed by atoms with van der Waals surface area (Å²) < 4.78 is 25.4. The van der Waals surface area contributed by atoms with Gasteiger partial charge in [-0.1, -0.05) is 12.7 Å². The van der Waals surface area contributed by atoms with Gasteiger partial charge in [-0.15, -0.1) is 6.58 Å². The lowest BCUT2D eigenvalue weighted by molar-refractivity contribution is -0.108. The second-order valence-corrected chi connectivity index (χ2v) is 3.10. The summed E-state index contributed by atoms with van der Waals surface area (Å²) in [6.07, 6.45) is 1.91. The third kappa shape index (κ3) is 3.10. The first-order chi connectivity index (χ1) is 5.04. The highest BCUT2D eigenvalue weighted by molar-refractivity contribution is 8.02. The van der Waals surface area contributed by atoms with Gasteiger partial charge in [-0.25, -0.2) is 0 Å². The van der Waals surface area contributed by atoms with Crippen molar-refractivity contribution in [1.82, 2.24) is 0 Å². The molecule has 62 valence electrons. The summed E-state index contributed by atoms with van der Waals surface area (Å²) in [5.74, 6) is 0. The third-order valence-electron chi connectivity index (χ3n) is 0.754. The van der Waals surface area contributed by atoms with E-state index < -0.39 is 15.2 Å². The fraction of sp³-hybridized carbons (Fsp3) is 0.167. The van der Waals surface area contributed by atoms with Crippen molar-refractivity contribution in [2.24, 2.45) is 0 Å². The Labute approximate surface area is 65.3 Å². The maximum atomic E-state index is 10.6. The van der Waals surface area contributed by atoms with E-state index in [1.807, 2.05) is 0 Å². The van der Waals surface area contributed by atoms with E-state index in [0.717, 1.165) is 0 Å². The van der Waals surface area contributed by atoms with Crippen LogP contribution in [0.1, 0.15) is 0 Å². The van der Waals surface area contributed by atoms with Crippen LogP contribution in [0.4, 0.5) is 0 Å². The fourth-order valence-electron chi connectivity index (χ4n) is 0.298. The Bertz CT molecular complexity index is 262. The van der Waals surface area contributed by atoms with Gasteiger partial charge in [-0.2, -0.15) is 8.42 Å². The molecule has 0 heterocycles. The highest BCUT2D eigenvalue weighted by Gasteiger charge is 2.18. The summed E-state index contributed by atoms with van der Waals surface area (Å²) in [5, 5.41) is -1.14. The molecular formula is C6H8O4S. The smallest absolute Gasteiger partial charge is 0.274 e. The molecule has 0 fully saturated rings. The molecule has 0 rings (SSSR count). The average molecular weight is 176 g/mol. The van der Waals surface area contributed by atoms with Crippen molar-refractivity contribution < 1.29 is 17.4 Å². The molecule has 0 N–H and O–H groups in total. The second-order valence-electron chi connectivity index (χ2n) is 1.55. The van der Waals surface area contributed by atoms with Gasteiger partial charge in [0, 0.05) is 0 Å². The van der Waals surface area contributed by atoms with E-state index in [4.69, 9.17) is 0 Å². The van der Waals surface area contributed by atoms with Gasteiger partial charge in [0.1, 0.15) is 0 Å². The maximum absolute atomic E-state index is 10.6. The monoisotopic (exact) mass is 176 g/mol. The minimum atomic E-state index is -4.10. The summed E-state index contributed by atoms with van der Waals surface area (Å²) in [6.45, 7) is 6.02. The zero-order chi connectivity index (χ0) is 8.91. The zero-order valence-corrected chi connectivity index (χ0v) is 6.63. The molecule has 0 aliphatic rings. The van der Waals surface area contributed by atoms with E-state index in [9.17, 15) is 13.2 Å². The molecule has 11 heavy (non-hydrogen) atoms. The molecule has 0 bridgehead atoms. The first-order valence-electron chi connectivity index (χ1n) is 2.71. The highest BCUT2D eigenvalue weighted by atomic mass is 32.2. The molecule has 0 aliphatic heterocycles. The van der Waals surface area contributed by atoms with Crippen LogP contribution in [0.15, 0.2) is 25.3 Å². The Morgan fingerprint density at radius 2 is 2.00 bits per heavy atom. The van der Waals surface area contributed by atoms with Crippen molar-refractivity contribution in [2.45, 2.75) is 0 Å². The number of hydrogen-bond donors (Lipinski definition) is 0. The van der Waals surface area contributed by atoms with Crippen LogP contribution in [0.5, 0.6) is 0 Å². The van der Waals surface area contributed by atoms with Crippen molar-refractivity contribution in [3.8, 4) is 0 Å². The summed E-state index contributed by atoms with van der Waals surface area (Å²) in [7, 11) is -4.10. The molecule has 4 nitrogen and oxygen atoms in total. The van der Waals surface area contributed by atoms with E-state index in [1.54, 1.807) is 0 Å².